The minimum atomic E-state index is -4.16. The second-order valence-corrected chi connectivity index (χ2v) is 4.51. The van der Waals surface area contributed by atoms with Crippen LogP contribution in [-0.4, -0.2) is 17.3 Å². The van der Waals surface area contributed by atoms with Gasteiger partial charge >= 0.3 is 6.18 Å². The molecule has 1 aromatic heterocycles. The van der Waals surface area contributed by atoms with Crippen molar-refractivity contribution in [3.8, 4) is 0 Å². The maximum Gasteiger partial charge on any atom is 0.406 e. The van der Waals surface area contributed by atoms with E-state index < -0.39 is 12.7 Å². The zero-order chi connectivity index (χ0) is 13.1. The monoisotopic (exact) mass is 248 g/mol. The van der Waals surface area contributed by atoms with Gasteiger partial charge in [-0.25, -0.2) is 0 Å². The molecule has 0 spiro atoms. The Balaban J connectivity index is 2.78. The summed E-state index contributed by atoms with van der Waals surface area (Å²) in [7, 11) is 0. The number of alkyl halides is 3. The van der Waals surface area contributed by atoms with Crippen molar-refractivity contribution >= 4 is 0 Å². The van der Waals surface area contributed by atoms with E-state index in [9.17, 15) is 13.2 Å². The van der Waals surface area contributed by atoms with Gasteiger partial charge in [0.15, 0.2) is 0 Å². The van der Waals surface area contributed by atoms with Crippen LogP contribution in [0.25, 0.3) is 0 Å². The first-order valence-electron chi connectivity index (χ1n) is 5.79. The van der Waals surface area contributed by atoms with Crippen molar-refractivity contribution in [1.82, 2.24) is 9.88 Å². The van der Waals surface area contributed by atoms with E-state index in [0.717, 1.165) is 12.1 Å². The minimum absolute atomic E-state index is 0.106. The number of hydrogen-bond donors (Lipinski definition) is 1. The number of hydrogen-bond acceptors (Lipinski definition) is 1. The van der Waals surface area contributed by atoms with Crippen molar-refractivity contribution in [3.63, 3.8) is 0 Å². The smallest absolute Gasteiger partial charge is 0.345 e. The standard InChI is InChI=1S/C12H19F3N2/c1-4-16-11(9(2)3)10-5-6-17(7-10)8-12(13,14)15/h5-7,9,11,16H,4,8H2,1-3H3. The van der Waals surface area contributed by atoms with E-state index >= 15 is 0 Å². The number of rotatable bonds is 5. The van der Waals surface area contributed by atoms with E-state index in [1.54, 1.807) is 12.3 Å². The van der Waals surface area contributed by atoms with Crippen molar-refractivity contribution < 1.29 is 13.2 Å². The van der Waals surface area contributed by atoms with Gasteiger partial charge in [-0.1, -0.05) is 20.8 Å². The van der Waals surface area contributed by atoms with Crippen LogP contribution in [-0.2, 0) is 6.54 Å². The third-order valence-corrected chi connectivity index (χ3v) is 2.59. The van der Waals surface area contributed by atoms with Crippen LogP contribution in [0.5, 0.6) is 0 Å². The Hall–Kier alpha value is -0.970. The van der Waals surface area contributed by atoms with Crippen LogP contribution >= 0.6 is 0 Å². The van der Waals surface area contributed by atoms with E-state index in [1.165, 1.54) is 10.8 Å². The van der Waals surface area contributed by atoms with Crippen LogP contribution < -0.4 is 5.32 Å². The Morgan fingerprint density at radius 2 is 2.00 bits per heavy atom. The summed E-state index contributed by atoms with van der Waals surface area (Å²) < 4.78 is 37.8. The van der Waals surface area contributed by atoms with Crippen LogP contribution in [0.1, 0.15) is 32.4 Å². The van der Waals surface area contributed by atoms with E-state index in [2.05, 4.69) is 19.2 Å². The third kappa shape index (κ3) is 4.42. The van der Waals surface area contributed by atoms with Gasteiger partial charge in [-0.05, 0) is 24.1 Å². The Morgan fingerprint density at radius 1 is 1.35 bits per heavy atom. The molecule has 1 heterocycles. The Kier molecular flexibility index (Phi) is 4.62. The van der Waals surface area contributed by atoms with Gasteiger partial charge in [-0.15, -0.1) is 0 Å². The average molecular weight is 248 g/mol. The maximum atomic E-state index is 12.2. The summed E-state index contributed by atoms with van der Waals surface area (Å²) in [4.78, 5) is 0. The molecule has 98 valence electrons. The number of nitrogens with one attached hydrogen (secondary N) is 1. The number of nitrogens with zero attached hydrogens (tertiary/aromatic N) is 1. The fraction of sp³-hybridized carbons (Fsp3) is 0.667. The van der Waals surface area contributed by atoms with Gasteiger partial charge in [0.05, 0.1) is 0 Å². The molecule has 0 bridgehead atoms. The predicted octanol–water partition coefficient (Wildman–Crippen LogP) is 3.36. The molecule has 1 aromatic rings. The molecule has 0 radical (unpaired) electrons. The van der Waals surface area contributed by atoms with Gasteiger partial charge in [-0.3, -0.25) is 0 Å². The first-order valence-corrected chi connectivity index (χ1v) is 5.79. The fourth-order valence-corrected chi connectivity index (χ4v) is 1.91. The van der Waals surface area contributed by atoms with Crippen molar-refractivity contribution in [2.24, 2.45) is 5.92 Å². The predicted molar refractivity (Wildman–Crippen MR) is 61.7 cm³/mol. The fourth-order valence-electron chi connectivity index (χ4n) is 1.91. The molecule has 0 fully saturated rings. The molecule has 1 N–H and O–H groups in total. The van der Waals surface area contributed by atoms with Gasteiger partial charge in [0.25, 0.3) is 0 Å². The molecular formula is C12H19F3N2. The summed E-state index contributed by atoms with van der Waals surface area (Å²) in [5.41, 5.74) is 0.908. The summed E-state index contributed by atoms with van der Waals surface area (Å²) >= 11 is 0. The van der Waals surface area contributed by atoms with Crippen molar-refractivity contribution in [2.75, 3.05) is 6.54 Å². The molecule has 0 aliphatic heterocycles. The summed E-state index contributed by atoms with van der Waals surface area (Å²) in [5.74, 6) is 0.344. The molecular weight excluding hydrogens is 229 g/mol. The summed E-state index contributed by atoms with van der Waals surface area (Å²) in [6.07, 6.45) is -1.11. The van der Waals surface area contributed by atoms with Gasteiger partial charge in [0, 0.05) is 18.4 Å². The largest absolute Gasteiger partial charge is 0.406 e. The molecule has 0 aliphatic carbocycles. The normalized spacial score (nSPS) is 14.3. The van der Waals surface area contributed by atoms with Gasteiger partial charge in [-0.2, -0.15) is 13.2 Å². The second-order valence-electron chi connectivity index (χ2n) is 4.51. The minimum Gasteiger partial charge on any atom is -0.345 e. The summed E-state index contributed by atoms with van der Waals surface area (Å²) in [5, 5.41) is 3.28. The molecule has 0 saturated heterocycles. The topological polar surface area (TPSA) is 17.0 Å². The van der Waals surface area contributed by atoms with E-state index in [-0.39, 0.29) is 6.04 Å². The lowest BCUT2D eigenvalue weighted by molar-refractivity contribution is -0.140. The summed E-state index contributed by atoms with van der Waals surface area (Å²) in [6.45, 7) is 5.96. The van der Waals surface area contributed by atoms with E-state index in [0.29, 0.717) is 5.92 Å². The molecule has 0 saturated carbocycles. The lowest BCUT2D eigenvalue weighted by atomic mass is 9.98. The quantitative estimate of drug-likeness (QED) is 0.845. The average Bonchev–Trinajstić information content (AvgIpc) is 2.59. The van der Waals surface area contributed by atoms with Crippen molar-refractivity contribution in [2.45, 2.75) is 39.5 Å². The van der Waals surface area contributed by atoms with Gasteiger partial charge in [0.1, 0.15) is 6.54 Å². The molecule has 17 heavy (non-hydrogen) atoms. The molecule has 5 heteroatoms. The Bertz CT molecular complexity index is 342. The highest BCUT2D eigenvalue weighted by molar-refractivity contribution is 5.16. The maximum absolute atomic E-state index is 12.2. The zero-order valence-electron chi connectivity index (χ0n) is 10.4. The van der Waals surface area contributed by atoms with Crippen LogP contribution in [0, 0.1) is 5.92 Å². The van der Waals surface area contributed by atoms with Crippen LogP contribution in [0.3, 0.4) is 0 Å². The molecule has 0 aliphatic rings. The Labute approximate surface area is 99.8 Å². The van der Waals surface area contributed by atoms with E-state index in [1.807, 2.05) is 6.92 Å². The molecule has 0 amide bonds. The number of aromatic nitrogens is 1. The third-order valence-electron chi connectivity index (χ3n) is 2.59. The zero-order valence-corrected chi connectivity index (χ0v) is 10.4. The SMILES string of the molecule is CCNC(c1ccn(CC(F)(F)F)c1)C(C)C. The van der Waals surface area contributed by atoms with Crippen molar-refractivity contribution in [3.05, 3.63) is 24.0 Å². The van der Waals surface area contributed by atoms with Gasteiger partial charge in [0.2, 0.25) is 0 Å². The molecule has 0 aromatic carbocycles. The molecule has 2 nitrogen and oxygen atoms in total. The Morgan fingerprint density at radius 3 is 2.47 bits per heavy atom. The first-order chi connectivity index (χ1) is 7.83. The highest BCUT2D eigenvalue weighted by atomic mass is 19.4. The first kappa shape index (κ1) is 14.1. The van der Waals surface area contributed by atoms with E-state index in [4.69, 9.17) is 0 Å². The van der Waals surface area contributed by atoms with Crippen LogP contribution in [0.2, 0.25) is 0 Å². The lowest BCUT2D eigenvalue weighted by Gasteiger charge is -2.20. The highest BCUT2D eigenvalue weighted by Crippen LogP contribution is 2.24. The second kappa shape index (κ2) is 5.58. The highest BCUT2D eigenvalue weighted by Gasteiger charge is 2.28. The van der Waals surface area contributed by atoms with Crippen LogP contribution in [0.15, 0.2) is 18.5 Å². The van der Waals surface area contributed by atoms with Crippen LogP contribution in [0.4, 0.5) is 13.2 Å². The number of halogens is 3. The molecule has 1 unspecified atom stereocenters. The van der Waals surface area contributed by atoms with Crippen molar-refractivity contribution in [1.29, 1.82) is 0 Å². The summed E-state index contributed by atoms with van der Waals surface area (Å²) in [6, 6.07) is 1.86. The molecule has 1 atom stereocenters. The lowest BCUT2D eigenvalue weighted by Crippen LogP contribution is -2.25. The molecule has 1 rings (SSSR count). The van der Waals surface area contributed by atoms with Gasteiger partial charge < -0.3 is 9.88 Å².